The van der Waals surface area contributed by atoms with Gasteiger partial charge >= 0.3 is 5.97 Å². The van der Waals surface area contributed by atoms with Crippen LogP contribution >= 0.6 is 0 Å². The van der Waals surface area contributed by atoms with Crippen LogP contribution in [0.1, 0.15) is 52.9 Å². The van der Waals surface area contributed by atoms with Gasteiger partial charge in [0.05, 0.1) is 0 Å². The maximum atomic E-state index is 11.1. The van der Waals surface area contributed by atoms with Gasteiger partial charge < -0.3 is 4.74 Å². The van der Waals surface area contributed by atoms with Gasteiger partial charge in [-0.3, -0.25) is 4.79 Å². The molecule has 0 spiro atoms. The molecule has 0 aliphatic heterocycles. The number of Topliss-reactive ketones (excluding diaryl/α,β-unsaturated/α-hetero) is 1. The Kier molecular flexibility index (Phi) is 8.49. The van der Waals surface area contributed by atoms with Gasteiger partial charge in [0.15, 0.2) is 0 Å². The van der Waals surface area contributed by atoms with Crippen LogP contribution in [0.3, 0.4) is 0 Å². The molecule has 0 aliphatic rings. The molecule has 16 heavy (non-hydrogen) atoms. The summed E-state index contributed by atoms with van der Waals surface area (Å²) in [6, 6.07) is 0. The number of esters is 1. The minimum atomic E-state index is -0.708. The molecule has 92 valence electrons. The Labute approximate surface area is 97.9 Å². The summed E-state index contributed by atoms with van der Waals surface area (Å²) in [6.45, 7) is 5.20. The van der Waals surface area contributed by atoms with E-state index in [9.17, 15) is 9.59 Å². The third-order valence-electron chi connectivity index (χ3n) is 2.40. The quantitative estimate of drug-likeness (QED) is 0.276. The fourth-order valence-electron chi connectivity index (χ4n) is 1.38. The second kappa shape index (κ2) is 9.13. The van der Waals surface area contributed by atoms with E-state index in [1.807, 2.05) is 19.9 Å². The number of hydrogen-bond acceptors (Lipinski definition) is 3. The van der Waals surface area contributed by atoms with Crippen LogP contribution in [0.5, 0.6) is 0 Å². The van der Waals surface area contributed by atoms with Gasteiger partial charge in [0, 0.05) is 6.92 Å². The summed E-state index contributed by atoms with van der Waals surface area (Å²) in [7, 11) is 0. The molecule has 1 atom stereocenters. The van der Waals surface area contributed by atoms with E-state index in [-0.39, 0.29) is 6.10 Å². The third-order valence-corrected chi connectivity index (χ3v) is 2.40. The van der Waals surface area contributed by atoms with Crippen molar-refractivity contribution < 1.29 is 14.3 Å². The average Bonchev–Trinajstić information content (AvgIpc) is 2.26. The zero-order valence-corrected chi connectivity index (χ0v) is 10.5. The molecular formula is C13H22O3. The number of ketones is 1. The Balaban J connectivity index is 3.75. The summed E-state index contributed by atoms with van der Waals surface area (Å²) in [6.07, 6.45) is 8.84. The lowest BCUT2D eigenvalue weighted by atomic mass is 10.1. The van der Waals surface area contributed by atoms with Crippen molar-refractivity contribution in [1.29, 1.82) is 0 Å². The summed E-state index contributed by atoms with van der Waals surface area (Å²) in [5, 5.41) is 0. The summed E-state index contributed by atoms with van der Waals surface area (Å²) in [4.78, 5) is 21.8. The van der Waals surface area contributed by atoms with Crippen LogP contribution in [0.15, 0.2) is 12.2 Å². The van der Waals surface area contributed by atoms with Crippen molar-refractivity contribution in [3.8, 4) is 0 Å². The molecular weight excluding hydrogens is 204 g/mol. The first kappa shape index (κ1) is 14.9. The van der Waals surface area contributed by atoms with Crippen LogP contribution in [0.2, 0.25) is 0 Å². The Morgan fingerprint density at radius 1 is 1.31 bits per heavy atom. The predicted octanol–water partition coefficient (Wildman–Crippen LogP) is 3.03. The molecule has 0 aromatic heterocycles. The Morgan fingerprint density at radius 3 is 2.50 bits per heavy atom. The molecule has 0 radical (unpaired) electrons. The van der Waals surface area contributed by atoms with E-state index < -0.39 is 11.8 Å². The van der Waals surface area contributed by atoms with E-state index in [0.29, 0.717) is 0 Å². The van der Waals surface area contributed by atoms with Crippen molar-refractivity contribution in [2.24, 2.45) is 0 Å². The minimum absolute atomic E-state index is 0.109. The second-order valence-electron chi connectivity index (χ2n) is 3.85. The van der Waals surface area contributed by atoms with E-state index >= 15 is 0 Å². The fraction of sp³-hybridized carbons (Fsp3) is 0.692. The van der Waals surface area contributed by atoms with Gasteiger partial charge in [-0.15, -0.1) is 0 Å². The highest BCUT2D eigenvalue weighted by Crippen LogP contribution is 2.10. The third kappa shape index (κ3) is 7.21. The Bertz CT molecular complexity index is 244. The van der Waals surface area contributed by atoms with Gasteiger partial charge in [-0.25, -0.2) is 4.79 Å². The summed E-state index contributed by atoms with van der Waals surface area (Å²) < 4.78 is 5.06. The van der Waals surface area contributed by atoms with Gasteiger partial charge in [0.2, 0.25) is 5.78 Å². The summed E-state index contributed by atoms with van der Waals surface area (Å²) in [5.41, 5.74) is 0. The van der Waals surface area contributed by atoms with Crippen LogP contribution in [0.25, 0.3) is 0 Å². The Morgan fingerprint density at radius 2 is 2.00 bits per heavy atom. The standard InChI is InChI=1S/C13H22O3/c1-4-6-7-8-9-10-12(5-2)16-13(15)11(3)14/h4,6,12H,5,7-10H2,1-3H3. The van der Waals surface area contributed by atoms with Crippen molar-refractivity contribution in [1.82, 2.24) is 0 Å². The molecule has 0 saturated carbocycles. The normalized spacial score (nSPS) is 12.7. The van der Waals surface area contributed by atoms with Crippen LogP contribution in [-0.2, 0) is 14.3 Å². The minimum Gasteiger partial charge on any atom is -0.457 e. The number of hydrogen-bond donors (Lipinski definition) is 0. The van der Waals surface area contributed by atoms with Crippen LogP contribution in [0, 0.1) is 0 Å². The molecule has 0 rings (SSSR count). The molecule has 3 nitrogen and oxygen atoms in total. The zero-order chi connectivity index (χ0) is 12.4. The molecule has 1 unspecified atom stereocenters. The average molecular weight is 226 g/mol. The number of allylic oxidation sites excluding steroid dienone is 2. The molecule has 0 fully saturated rings. The number of carbonyl (C=O) groups is 2. The lowest BCUT2D eigenvalue weighted by Gasteiger charge is -2.14. The van der Waals surface area contributed by atoms with E-state index in [2.05, 4.69) is 6.08 Å². The number of ether oxygens (including phenoxy) is 1. The fourth-order valence-corrected chi connectivity index (χ4v) is 1.38. The highest BCUT2D eigenvalue weighted by Gasteiger charge is 2.15. The SMILES string of the molecule is CC=CCCCCC(CC)OC(=O)C(C)=O. The molecule has 3 heteroatoms. The Hall–Kier alpha value is -1.12. The van der Waals surface area contributed by atoms with Crippen LogP contribution < -0.4 is 0 Å². The molecule has 0 aromatic rings. The van der Waals surface area contributed by atoms with E-state index in [1.54, 1.807) is 0 Å². The molecule has 0 saturated heterocycles. The maximum Gasteiger partial charge on any atom is 0.374 e. The van der Waals surface area contributed by atoms with E-state index in [4.69, 9.17) is 4.74 Å². The van der Waals surface area contributed by atoms with Crippen LogP contribution in [0.4, 0.5) is 0 Å². The van der Waals surface area contributed by atoms with Crippen molar-refractivity contribution >= 4 is 11.8 Å². The number of rotatable bonds is 8. The lowest BCUT2D eigenvalue weighted by molar-refractivity contribution is -0.157. The van der Waals surface area contributed by atoms with Gasteiger partial charge in [0.25, 0.3) is 0 Å². The molecule has 0 amide bonds. The number of unbranched alkanes of at least 4 members (excludes halogenated alkanes) is 2. The first-order valence-corrected chi connectivity index (χ1v) is 5.94. The number of carbonyl (C=O) groups excluding carboxylic acids is 2. The van der Waals surface area contributed by atoms with E-state index in [1.165, 1.54) is 6.92 Å². The van der Waals surface area contributed by atoms with Crippen molar-refractivity contribution in [3.63, 3.8) is 0 Å². The molecule has 0 aliphatic carbocycles. The molecule has 0 N–H and O–H groups in total. The van der Waals surface area contributed by atoms with Crippen LogP contribution in [-0.4, -0.2) is 17.9 Å². The highest BCUT2D eigenvalue weighted by atomic mass is 16.5. The topological polar surface area (TPSA) is 43.4 Å². The summed E-state index contributed by atoms with van der Waals surface area (Å²) in [5.74, 6) is -1.23. The first-order valence-electron chi connectivity index (χ1n) is 5.94. The largest absolute Gasteiger partial charge is 0.457 e. The van der Waals surface area contributed by atoms with Gasteiger partial charge in [-0.1, -0.05) is 19.1 Å². The molecule has 0 bridgehead atoms. The monoisotopic (exact) mass is 226 g/mol. The maximum absolute atomic E-state index is 11.1. The first-order chi connectivity index (χ1) is 7.61. The van der Waals surface area contributed by atoms with Crippen molar-refractivity contribution in [2.75, 3.05) is 0 Å². The molecule has 0 heterocycles. The van der Waals surface area contributed by atoms with Gasteiger partial charge in [-0.05, 0) is 39.0 Å². The second-order valence-corrected chi connectivity index (χ2v) is 3.85. The predicted molar refractivity (Wildman–Crippen MR) is 64.1 cm³/mol. The smallest absolute Gasteiger partial charge is 0.374 e. The van der Waals surface area contributed by atoms with Gasteiger partial charge in [0.1, 0.15) is 6.10 Å². The lowest BCUT2D eigenvalue weighted by Crippen LogP contribution is -2.22. The van der Waals surface area contributed by atoms with Gasteiger partial charge in [-0.2, -0.15) is 0 Å². The zero-order valence-electron chi connectivity index (χ0n) is 10.5. The van der Waals surface area contributed by atoms with Crippen molar-refractivity contribution in [2.45, 2.75) is 59.0 Å². The highest BCUT2D eigenvalue weighted by molar-refractivity contribution is 6.32. The molecule has 0 aromatic carbocycles. The summed E-state index contributed by atoms with van der Waals surface area (Å²) >= 11 is 0. The van der Waals surface area contributed by atoms with Crippen molar-refractivity contribution in [3.05, 3.63) is 12.2 Å². The van der Waals surface area contributed by atoms with E-state index in [0.717, 1.165) is 32.1 Å².